The quantitative estimate of drug-likeness (QED) is 0.918. The van der Waals surface area contributed by atoms with Gasteiger partial charge in [-0.25, -0.2) is 8.78 Å². The molecule has 0 fully saturated rings. The number of nitrogens with one attached hydrogen (secondary N) is 1. The van der Waals surface area contributed by atoms with Crippen LogP contribution in [0.5, 0.6) is 0 Å². The Balaban J connectivity index is 2.51. The smallest absolute Gasteiger partial charge is 0.168 e. The second-order valence-electron chi connectivity index (χ2n) is 5.13. The van der Waals surface area contributed by atoms with Gasteiger partial charge in [0.2, 0.25) is 0 Å². The molecule has 5 heteroatoms. The molecule has 0 aliphatic rings. The topological polar surface area (TPSA) is 37.8 Å². The van der Waals surface area contributed by atoms with Gasteiger partial charge in [0, 0.05) is 12.1 Å². The number of nitrogens with zero attached hydrogens (tertiary/aromatic N) is 2. The van der Waals surface area contributed by atoms with Gasteiger partial charge in [-0.1, -0.05) is 13.0 Å². The van der Waals surface area contributed by atoms with E-state index in [0.717, 1.165) is 24.1 Å². The first-order valence-electron chi connectivity index (χ1n) is 7.00. The average molecular weight is 291 g/mol. The molecule has 1 heterocycles. The largest absolute Gasteiger partial charge is 0.368 e. The molecule has 0 amide bonds. The van der Waals surface area contributed by atoms with E-state index < -0.39 is 11.6 Å². The van der Waals surface area contributed by atoms with Crippen molar-refractivity contribution in [3.63, 3.8) is 0 Å². The number of hydrogen-bond donors (Lipinski definition) is 1. The lowest BCUT2D eigenvalue weighted by atomic mass is 10.0. The zero-order valence-electron chi connectivity index (χ0n) is 12.7. The Morgan fingerprint density at radius 1 is 1.00 bits per heavy atom. The van der Waals surface area contributed by atoms with E-state index in [-0.39, 0.29) is 11.1 Å². The van der Waals surface area contributed by atoms with Gasteiger partial charge < -0.3 is 5.32 Å². The lowest BCUT2D eigenvalue weighted by Crippen LogP contribution is -2.08. The summed E-state index contributed by atoms with van der Waals surface area (Å²) in [6.07, 6.45) is 0.972. The Labute approximate surface area is 123 Å². The molecule has 0 unspecified atom stereocenters. The van der Waals surface area contributed by atoms with E-state index in [1.165, 1.54) is 6.92 Å². The van der Waals surface area contributed by atoms with Crippen LogP contribution in [0.1, 0.15) is 30.0 Å². The Hall–Kier alpha value is -2.04. The SMILES string of the molecule is CCCNc1nnc(-c2ccc(C)c(F)c2F)c(C)c1C. The van der Waals surface area contributed by atoms with Crippen LogP contribution in [0.4, 0.5) is 14.6 Å². The van der Waals surface area contributed by atoms with Gasteiger partial charge in [-0.05, 0) is 49.9 Å². The number of anilines is 1. The first-order valence-corrected chi connectivity index (χ1v) is 7.00. The molecule has 2 aromatic rings. The van der Waals surface area contributed by atoms with Crippen LogP contribution >= 0.6 is 0 Å². The van der Waals surface area contributed by atoms with Crippen LogP contribution in [0.2, 0.25) is 0 Å². The van der Waals surface area contributed by atoms with E-state index in [9.17, 15) is 8.78 Å². The normalized spacial score (nSPS) is 10.8. The van der Waals surface area contributed by atoms with E-state index in [1.54, 1.807) is 12.1 Å². The van der Waals surface area contributed by atoms with Crippen LogP contribution in [0.25, 0.3) is 11.3 Å². The second-order valence-corrected chi connectivity index (χ2v) is 5.13. The molecule has 1 aromatic heterocycles. The summed E-state index contributed by atoms with van der Waals surface area (Å²) in [7, 11) is 0. The van der Waals surface area contributed by atoms with Crippen LogP contribution in [0.3, 0.4) is 0 Å². The minimum absolute atomic E-state index is 0.147. The van der Waals surface area contributed by atoms with Crippen LogP contribution in [0.15, 0.2) is 12.1 Å². The van der Waals surface area contributed by atoms with Gasteiger partial charge in [-0.2, -0.15) is 0 Å². The lowest BCUT2D eigenvalue weighted by molar-refractivity contribution is 0.505. The standard InChI is InChI=1S/C16H19F2N3/c1-5-8-19-16-11(4)10(3)15(20-21-16)12-7-6-9(2)13(17)14(12)18/h6-7H,5,8H2,1-4H3,(H,19,21). The Bertz CT molecular complexity index is 669. The predicted octanol–water partition coefficient (Wildman–Crippen LogP) is 4.17. The first-order chi connectivity index (χ1) is 9.97. The van der Waals surface area contributed by atoms with Crippen LogP contribution in [-0.4, -0.2) is 16.7 Å². The van der Waals surface area contributed by atoms with Crippen molar-refractivity contribution in [3.05, 3.63) is 40.5 Å². The van der Waals surface area contributed by atoms with Gasteiger partial charge in [-0.15, -0.1) is 10.2 Å². The Kier molecular flexibility index (Phi) is 4.50. The summed E-state index contributed by atoms with van der Waals surface area (Å²) in [5.41, 5.74) is 2.50. The van der Waals surface area contributed by atoms with Gasteiger partial charge >= 0.3 is 0 Å². The predicted molar refractivity (Wildman–Crippen MR) is 80.4 cm³/mol. The number of halogens is 2. The fourth-order valence-corrected chi connectivity index (χ4v) is 2.10. The number of benzene rings is 1. The highest BCUT2D eigenvalue weighted by Gasteiger charge is 2.18. The van der Waals surface area contributed by atoms with E-state index in [1.807, 2.05) is 13.8 Å². The molecule has 0 saturated heterocycles. The Morgan fingerprint density at radius 2 is 1.71 bits per heavy atom. The summed E-state index contributed by atoms with van der Waals surface area (Å²) in [6, 6.07) is 3.09. The molecule has 0 aliphatic heterocycles. The van der Waals surface area contributed by atoms with Gasteiger partial charge in [0.05, 0.1) is 5.69 Å². The van der Waals surface area contributed by atoms with Crippen molar-refractivity contribution in [1.29, 1.82) is 0 Å². The highest BCUT2D eigenvalue weighted by atomic mass is 19.2. The summed E-state index contributed by atoms with van der Waals surface area (Å²) in [5.74, 6) is -1.02. The molecule has 0 saturated carbocycles. The maximum Gasteiger partial charge on any atom is 0.168 e. The number of rotatable bonds is 4. The van der Waals surface area contributed by atoms with Crippen molar-refractivity contribution >= 4 is 5.82 Å². The molecule has 1 N–H and O–H groups in total. The molecular formula is C16H19F2N3. The van der Waals surface area contributed by atoms with Crippen molar-refractivity contribution in [2.75, 3.05) is 11.9 Å². The zero-order valence-corrected chi connectivity index (χ0v) is 12.7. The number of aromatic nitrogens is 2. The third-order valence-corrected chi connectivity index (χ3v) is 3.60. The van der Waals surface area contributed by atoms with Gasteiger partial charge in [-0.3, -0.25) is 0 Å². The molecule has 112 valence electrons. The summed E-state index contributed by atoms with van der Waals surface area (Å²) >= 11 is 0. The third-order valence-electron chi connectivity index (χ3n) is 3.60. The summed E-state index contributed by atoms with van der Waals surface area (Å²) < 4.78 is 27.8. The molecule has 0 radical (unpaired) electrons. The zero-order chi connectivity index (χ0) is 15.6. The van der Waals surface area contributed by atoms with Crippen molar-refractivity contribution < 1.29 is 8.78 Å². The van der Waals surface area contributed by atoms with Gasteiger partial charge in [0.15, 0.2) is 17.5 Å². The molecule has 3 nitrogen and oxygen atoms in total. The van der Waals surface area contributed by atoms with Crippen molar-refractivity contribution in [3.8, 4) is 11.3 Å². The summed E-state index contributed by atoms with van der Waals surface area (Å²) in [6.45, 7) is 8.12. The van der Waals surface area contributed by atoms with E-state index >= 15 is 0 Å². The van der Waals surface area contributed by atoms with E-state index in [4.69, 9.17) is 0 Å². The molecule has 0 bridgehead atoms. The maximum atomic E-state index is 14.1. The minimum Gasteiger partial charge on any atom is -0.368 e. The summed E-state index contributed by atoms with van der Waals surface area (Å²) in [4.78, 5) is 0. The number of aryl methyl sites for hydroxylation is 1. The molecule has 0 spiro atoms. The van der Waals surface area contributed by atoms with Crippen molar-refractivity contribution in [2.24, 2.45) is 0 Å². The van der Waals surface area contributed by atoms with Gasteiger partial charge in [0.1, 0.15) is 0 Å². The molecule has 0 aliphatic carbocycles. The summed E-state index contributed by atoms with van der Waals surface area (Å²) in [5, 5.41) is 11.3. The molecule has 1 aromatic carbocycles. The maximum absolute atomic E-state index is 14.1. The molecule has 2 rings (SSSR count). The van der Waals surface area contributed by atoms with Crippen molar-refractivity contribution in [2.45, 2.75) is 34.1 Å². The molecule has 21 heavy (non-hydrogen) atoms. The first kappa shape index (κ1) is 15.4. The highest BCUT2D eigenvalue weighted by molar-refractivity contribution is 5.67. The van der Waals surface area contributed by atoms with Crippen LogP contribution in [-0.2, 0) is 0 Å². The third kappa shape index (κ3) is 2.86. The minimum atomic E-state index is -0.874. The fourth-order valence-electron chi connectivity index (χ4n) is 2.10. The highest BCUT2D eigenvalue weighted by Crippen LogP contribution is 2.29. The van der Waals surface area contributed by atoms with Crippen molar-refractivity contribution in [1.82, 2.24) is 10.2 Å². The average Bonchev–Trinajstić information content (AvgIpc) is 2.47. The van der Waals surface area contributed by atoms with E-state index in [2.05, 4.69) is 22.4 Å². The van der Waals surface area contributed by atoms with E-state index in [0.29, 0.717) is 11.5 Å². The van der Waals surface area contributed by atoms with Crippen LogP contribution < -0.4 is 5.32 Å². The van der Waals surface area contributed by atoms with Gasteiger partial charge in [0.25, 0.3) is 0 Å². The molecular weight excluding hydrogens is 272 g/mol. The lowest BCUT2D eigenvalue weighted by Gasteiger charge is -2.13. The second kappa shape index (κ2) is 6.16. The number of hydrogen-bond acceptors (Lipinski definition) is 3. The Morgan fingerprint density at radius 3 is 2.38 bits per heavy atom. The fraction of sp³-hybridized carbons (Fsp3) is 0.375. The van der Waals surface area contributed by atoms with Crippen LogP contribution in [0, 0.1) is 32.4 Å². The molecule has 0 atom stereocenters. The monoisotopic (exact) mass is 291 g/mol.